The summed E-state index contributed by atoms with van der Waals surface area (Å²) in [6.07, 6.45) is -23.6. The van der Waals surface area contributed by atoms with Crippen molar-refractivity contribution < 1.29 is 94.1 Å². The van der Waals surface area contributed by atoms with Crippen LogP contribution in [0.3, 0.4) is 0 Å². The van der Waals surface area contributed by atoms with Crippen LogP contribution in [0, 0.1) is 0 Å². The van der Waals surface area contributed by atoms with Crippen molar-refractivity contribution in [1.29, 1.82) is 0 Å². The molecule has 0 aromatic heterocycles. The van der Waals surface area contributed by atoms with E-state index in [2.05, 4.69) is 0 Å². The lowest BCUT2D eigenvalue weighted by Gasteiger charge is -2.42. The van der Waals surface area contributed by atoms with Gasteiger partial charge in [0.1, 0.15) is 102 Å². The van der Waals surface area contributed by atoms with E-state index in [1.54, 1.807) is 12.1 Å². The van der Waals surface area contributed by atoms with Crippen LogP contribution in [0.25, 0.3) is 0 Å². The largest absolute Gasteiger partial charge is 0.507 e. The van der Waals surface area contributed by atoms with Gasteiger partial charge in [-0.05, 0) is 24.6 Å². The first kappa shape index (κ1) is 38.5. The van der Waals surface area contributed by atoms with Gasteiger partial charge in [0.2, 0.25) is 12.6 Å². The van der Waals surface area contributed by atoms with Gasteiger partial charge in [0.15, 0.2) is 12.1 Å². The summed E-state index contributed by atoms with van der Waals surface area (Å²) in [6.45, 7) is 0.306. The van der Waals surface area contributed by atoms with Crippen molar-refractivity contribution >= 4 is 5.78 Å². The molecule has 0 aliphatic carbocycles. The predicted octanol–water partition coefficient (Wildman–Crippen LogP) is -3.69. The fourth-order valence-corrected chi connectivity index (χ4v) is 6.36. The zero-order valence-electron chi connectivity index (χ0n) is 27.5. The number of hydrogen-bond acceptors (Lipinski definition) is 19. The van der Waals surface area contributed by atoms with Gasteiger partial charge in [-0.1, -0.05) is 12.1 Å². The number of fused-ring (bicyclic) bond motifs is 1. The first-order valence-corrected chi connectivity index (χ1v) is 16.5. The summed E-state index contributed by atoms with van der Waals surface area (Å²) in [4.78, 5) is 13.1. The van der Waals surface area contributed by atoms with Crippen LogP contribution in [-0.4, -0.2) is 167 Å². The molecule has 0 amide bonds. The zero-order chi connectivity index (χ0) is 37.6. The smallest absolute Gasteiger partial charge is 0.229 e. The van der Waals surface area contributed by atoms with Crippen molar-refractivity contribution in [2.75, 3.05) is 13.2 Å². The highest BCUT2D eigenvalue weighted by atomic mass is 16.7. The zero-order valence-corrected chi connectivity index (χ0v) is 27.5. The second kappa shape index (κ2) is 15.6. The van der Waals surface area contributed by atoms with Gasteiger partial charge < -0.3 is 89.3 Å². The minimum absolute atomic E-state index is 0.0630. The van der Waals surface area contributed by atoms with Gasteiger partial charge in [-0.15, -0.1) is 0 Å². The number of carbonyl (C=O) groups is 1. The van der Waals surface area contributed by atoms with Gasteiger partial charge in [-0.3, -0.25) is 4.79 Å². The minimum Gasteiger partial charge on any atom is -0.507 e. The molecule has 2 aromatic carbocycles. The Morgan fingerprint density at radius 1 is 0.673 bits per heavy atom. The summed E-state index contributed by atoms with van der Waals surface area (Å²) in [5.41, 5.74) is 0.374. The highest BCUT2D eigenvalue weighted by Crippen LogP contribution is 2.43. The lowest BCUT2D eigenvalue weighted by atomic mass is 9.95. The molecular weight excluding hydrogens is 700 g/mol. The summed E-state index contributed by atoms with van der Waals surface area (Å²) in [5.74, 6) is -0.988. The SMILES string of the molecule is CC1OC(OCC2OC(Oc3ccc(C4CC(=O)c5c(O)cc(OC6OC(CO)C(O)C(O)C6O)cc5O4)cc3)C(O)C(O)C2O)C(O)C(O)C1O. The average molecular weight is 743 g/mol. The number of ether oxygens (including phenoxy) is 7. The molecule has 16 atom stereocenters. The summed E-state index contributed by atoms with van der Waals surface area (Å²) in [6, 6.07) is 8.40. The van der Waals surface area contributed by atoms with Crippen LogP contribution < -0.4 is 14.2 Å². The van der Waals surface area contributed by atoms with Gasteiger partial charge >= 0.3 is 0 Å². The number of Topliss-reactive ketones (excluding diaryl/α,β-unsaturated/α-hetero) is 1. The molecule has 3 fully saturated rings. The maximum absolute atomic E-state index is 13.1. The maximum atomic E-state index is 13.1. The molecule has 4 aliphatic heterocycles. The number of carbonyl (C=O) groups excluding carboxylic acids is 1. The Labute approximate surface area is 295 Å². The van der Waals surface area contributed by atoms with Gasteiger partial charge in [0.05, 0.1) is 25.7 Å². The highest BCUT2D eigenvalue weighted by Gasteiger charge is 2.48. The van der Waals surface area contributed by atoms with Crippen molar-refractivity contribution in [3.8, 4) is 23.0 Å². The van der Waals surface area contributed by atoms with E-state index in [-0.39, 0.29) is 29.2 Å². The number of aliphatic hydroxyl groups excluding tert-OH is 10. The van der Waals surface area contributed by atoms with Gasteiger partial charge in [0.25, 0.3) is 0 Å². The van der Waals surface area contributed by atoms with E-state index in [4.69, 9.17) is 33.2 Å². The number of phenols is 1. The first-order chi connectivity index (χ1) is 24.7. The van der Waals surface area contributed by atoms with E-state index >= 15 is 0 Å². The first-order valence-electron chi connectivity index (χ1n) is 16.5. The van der Waals surface area contributed by atoms with Crippen molar-refractivity contribution in [3.63, 3.8) is 0 Å². The second-order valence-electron chi connectivity index (χ2n) is 13.1. The summed E-state index contributed by atoms with van der Waals surface area (Å²) >= 11 is 0. The molecule has 3 saturated heterocycles. The van der Waals surface area contributed by atoms with Crippen LogP contribution >= 0.6 is 0 Å². The van der Waals surface area contributed by atoms with Crippen LogP contribution in [-0.2, 0) is 18.9 Å². The minimum atomic E-state index is -1.73. The van der Waals surface area contributed by atoms with E-state index in [0.717, 1.165) is 6.07 Å². The van der Waals surface area contributed by atoms with Gasteiger partial charge in [0, 0.05) is 12.1 Å². The molecule has 2 aromatic rings. The number of aliphatic hydroxyl groups is 10. The molecule has 0 saturated carbocycles. The van der Waals surface area contributed by atoms with Crippen LogP contribution in [0.1, 0.15) is 35.4 Å². The molecule has 16 unspecified atom stereocenters. The van der Waals surface area contributed by atoms with E-state index < -0.39 is 123 Å². The molecule has 0 spiro atoms. The molecule has 19 nitrogen and oxygen atoms in total. The van der Waals surface area contributed by atoms with Crippen molar-refractivity contribution in [3.05, 3.63) is 47.5 Å². The fraction of sp³-hybridized carbons (Fsp3) is 0.606. The highest BCUT2D eigenvalue weighted by molar-refractivity contribution is 6.02. The molecule has 288 valence electrons. The van der Waals surface area contributed by atoms with Crippen LogP contribution in [0.2, 0.25) is 0 Å². The number of aromatic hydroxyl groups is 1. The number of phenolic OH excluding ortho intramolecular Hbond substituents is 1. The van der Waals surface area contributed by atoms with Crippen molar-refractivity contribution in [2.24, 2.45) is 0 Å². The summed E-state index contributed by atoms with van der Waals surface area (Å²) in [5, 5.41) is 112. The number of ketones is 1. The summed E-state index contributed by atoms with van der Waals surface area (Å²) < 4.78 is 39.2. The van der Waals surface area contributed by atoms with Crippen molar-refractivity contribution in [2.45, 2.75) is 112 Å². The fourth-order valence-electron chi connectivity index (χ4n) is 6.36. The second-order valence-corrected chi connectivity index (χ2v) is 13.1. The Bertz CT molecular complexity index is 1540. The van der Waals surface area contributed by atoms with E-state index in [0.29, 0.717) is 5.56 Å². The van der Waals surface area contributed by atoms with Gasteiger partial charge in [-0.2, -0.15) is 0 Å². The molecule has 0 radical (unpaired) electrons. The van der Waals surface area contributed by atoms with Crippen LogP contribution in [0.5, 0.6) is 23.0 Å². The molecular formula is C33H42O19. The average Bonchev–Trinajstić information content (AvgIpc) is 3.12. The van der Waals surface area contributed by atoms with E-state index in [1.165, 1.54) is 25.1 Å². The Balaban J connectivity index is 1.10. The van der Waals surface area contributed by atoms with E-state index in [1.807, 2.05) is 0 Å². The topological polar surface area (TPSA) is 304 Å². The van der Waals surface area contributed by atoms with Crippen molar-refractivity contribution in [1.82, 2.24) is 0 Å². The standard InChI is InChI=1S/C33H42O19/c1-11-22(37)25(40)28(43)31(47-11)46-10-20-24(39)27(42)30(45)32(52-20)48-13-4-2-12(3-5-13)17-8-16(36)21-15(35)6-14(7-18(21)50-17)49-33-29(44)26(41)23(38)19(9-34)51-33/h2-7,11,17,19-20,22-35,37-45H,8-10H2,1H3. The monoisotopic (exact) mass is 742 g/mol. The Morgan fingerprint density at radius 3 is 1.87 bits per heavy atom. The lowest BCUT2D eigenvalue weighted by molar-refractivity contribution is -0.318. The molecule has 6 rings (SSSR count). The molecule has 4 heterocycles. The molecule has 0 bridgehead atoms. The molecule has 11 N–H and O–H groups in total. The van der Waals surface area contributed by atoms with Gasteiger partial charge in [-0.25, -0.2) is 0 Å². The third-order valence-corrected chi connectivity index (χ3v) is 9.48. The Kier molecular flexibility index (Phi) is 11.6. The third-order valence-electron chi connectivity index (χ3n) is 9.48. The molecule has 4 aliphatic rings. The van der Waals surface area contributed by atoms with E-state index in [9.17, 15) is 61.0 Å². The maximum Gasteiger partial charge on any atom is 0.229 e. The lowest BCUT2D eigenvalue weighted by Crippen LogP contribution is -2.61. The summed E-state index contributed by atoms with van der Waals surface area (Å²) in [7, 11) is 0. The quantitative estimate of drug-likeness (QED) is 0.118. The van der Waals surface area contributed by atoms with Crippen LogP contribution in [0.4, 0.5) is 0 Å². The number of hydrogen-bond donors (Lipinski definition) is 11. The van der Waals surface area contributed by atoms with Crippen LogP contribution in [0.15, 0.2) is 36.4 Å². The number of rotatable bonds is 9. The Hall–Kier alpha value is -3.25. The molecule has 19 heteroatoms. The normalized spacial score (nSPS) is 40.8. The Morgan fingerprint density at radius 2 is 1.23 bits per heavy atom. The third kappa shape index (κ3) is 7.56. The molecule has 52 heavy (non-hydrogen) atoms. The number of benzene rings is 2. The predicted molar refractivity (Wildman–Crippen MR) is 167 cm³/mol.